The molecular weight excluding hydrogens is 362 g/mol. The molecule has 2 aromatic heterocycles. The van der Waals surface area contributed by atoms with E-state index in [4.69, 9.17) is 4.42 Å². The number of pyridine rings is 1. The number of benzene rings is 1. The van der Waals surface area contributed by atoms with E-state index >= 15 is 0 Å². The molecule has 140 valence electrons. The van der Waals surface area contributed by atoms with Gasteiger partial charge in [0, 0.05) is 31.2 Å². The van der Waals surface area contributed by atoms with Gasteiger partial charge in [0.05, 0.1) is 11.1 Å². The molecule has 0 aliphatic carbocycles. The van der Waals surface area contributed by atoms with Crippen LogP contribution in [0.4, 0.5) is 0 Å². The molecule has 1 aliphatic heterocycles. The number of carbonyl (C=O) groups is 1. The number of nitrogens with one attached hydrogen (secondary N) is 1. The Morgan fingerprint density at radius 2 is 1.93 bits per heavy atom. The quantitative estimate of drug-likeness (QED) is 0.734. The molecule has 1 unspecified atom stereocenters. The van der Waals surface area contributed by atoms with Crippen LogP contribution in [0.1, 0.15) is 35.4 Å². The standard InChI is InChI=1S/C20H21N3O3S/c24-20(18-12-16-8-9-21-14-19(16)26-18)22-13-15-4-6-17(7-5-15)27(25)23-10-2-1-3-11-23/h4-9,12,14H,1-3,10-11,13H2,(H,22,24). The third kappa shape index (κ3) is 4.09. The van der Waals surface area contributed by atoms with E-state index in [2.05, 4.69) is 10.3 Å². The maximum absolute atomic E-state index is 12.6. The maximum Gasteiger partial charge on any atom is 0.287 e. The summed E-state index contributed by atoms with van der Waals surface area (Å²) in [5.74, 6) is -0.00649. The highest BCUT2D eigenvalue weighted by Gasteiger charge is 2.18. The Labute approximate surface area is 160 Å². The van der Waals surface area contributed by atoms with Crippen molar-refractivity contribution >= 4 is 27.9 Å². The lowest BCUT2D eigenvalue weighted by Gasteiger charge is -2.25. The lowest BCUT2D eigenvalue weighted by atomic mass is 10.2. The zero-order chi connectivity index (χ0) is 18.6. The fourth-order valence-electron chi connectivity index (χ4n) is 3.17. The highest BCUT2D eigenvalue weighted by Crippen LogP contribution is 2.19. The summed E-state index contributed by atoms with van der Waals surface area (Å²) < 4.78 is 20.1. The highest BCUT2D eigenvalue weighted by atomic mass is 32.2. The van der Waals surface area contributed by atoms with Crippen LogP contribution in [-0.2, 0) is 17.5 Å². The predicted octanol–water partition coefficient (Wildman–Crippen LogP) is 3.27. The molecular formula is C20H21N3O3S. The number of carbonyl (C=O) groups excluding carboxylic acids is 1. The fraction of sp³-hybridized carbons (Fsp3) is 0.300. The van der Waals surface area contributed by atoms with Gasteiger partial charge < -0.3 is 9.73 Å². The topological polar surface area (TPSA) is 75.4 Å². The van der Waals surface area contributed by atoms with Crippen LogP contribution in [0.3, 0.4) is 0 Å². The Hall–Kier alpha value is -2.51. The molecule has 0 bridgehead atoms. The Morgan fingerprint density at radius 1 is 1.15 bits per heavy atom. The van der Waals surface area contributed by atoms with Crippen LogP contribution in [-0.4, -0.2) is 32.5 Å². The van der Waals surface area contributed by atoms with Gasteiger partial charge in [0.25, 0.3) is 5.91 Å². The van der Waals surface area contributed by atoms with E-state index in [1.54, 1.807) is 24.5 Å². The second kappa shape index (κ2) is 8.02. The molecule has 7 heteroatoms. The average molecular weight is 383 g/mol. The molecule has 27 heavy (non-hydrogen) atoms. The SMILES string of the molecule is O=C(NCc1ccc(S(=O)N2CCCCC2)cc1)c1cc2ccncc2o1. The van der Waals surface area contributed by atoms with Crippen molar-refractivity contribution < 1.29 is 13.4 Å². The monoisotopic (exact) mass is 383 g/mol. The van der Waals surface area contributed by atoms with E-state index in [0.717, 1.165) is 41.8 Å². The molecule has 1 amide bonds. The van der Waals surface area contributed by atoms with E-state index < -0.39 is 11.0 Å². The van der Waals surface area contributed by atoms with Crippen LogP contribution in [0, 0.1) is 0 Å². The normalized spacial score (nSPS) is 16.3. The number of fused-ring (bicyclic) bond motifs is 1. The van der Waals surface area contributed by atoms with Gasteiger partial charge in [0.1, 0.15) is 11.0 Å². The minimum Gasteiger partial charge on any atom is -0.449 e. The zero-order valence-electron chi connectivity index (χ0n) is 14.9. The summed E-state index contributed by atoms with van der Waals surface area (Å²) >= 11 is 0. The predicted molar refractivity (Wildman–Crippen MR) is 103 cm³/mol. The molecule has 1 saturated heterocycles. The highest BCUT2D eigenvalue weighted by molar-refractivity contribution is 7.82. The van der Waals surface area contributed by atoms with Gasteiger partial charge in [0.15, 0.2) is 11.3 Å². The molecule has 3 heterocycles. The second-order valence-electron chi connectivity index (χ2n) is 6.59. The van der Waals surface area contributed by atoms with Gasteiger partial charge in [-0.3, -0.25) is 9.78 Å². The minimum atomic E-state index is -1.10. The number of amides is 1. The van der Waals surface area contributed by atoms with Gasteiger partial charge in [0.2, 0.25) is 0 Å². The number of hydrogen-bond donors (Lipinski definition) is 1. The largest absolute Gasteiger partial charge is 0.449 e. The van der Waals surface area contributed by atoms with Gasteiger partial charge in [-0.25, -0.2) is 8.51 Å². The molecule has 0 saturated carbocycles. The Kier molecular flexibility index (Phi) is 5.31. The number of piperidine rings is 1. The van der Waals surface area contributed by atoms with Crippen molar-refractivity contribution in [1.82, 2.24) is 14.6 Å². The number of rotatable bonds is 5. The number of furan rings is 1. The molecule has 1 aromatic carbocycles. The minimum absolute atomic E-state index is 0.265. The van der Waals surface area contributed by atoms with Crippen molar-refractivity contribution in [2.24, 2.45) is 0 Å². The van der Waals surface area contributed by atoms with Crippen LogP contribution in [0.25, 0.3) is 11.0 Å². The van der Waals surface area contributed by atoms with Crippen molar-refractivity contribution in [3.63, 3.8) is 0 Å². The van der Waals surface area contributed by atoms with Crippen molar-refractivity contribution in [3.8, 4) is 0 Å². The summed E-state index contributed by atoms with van der Waals surface area (Å²) in [6.07, 6.45) is 6.68. The van der Waals surface area contributed by atoms with Crippen LogP contribution < -0.4 is 5.32 Å². The first-order valence-corrected chi connectivity index (χ1v) is 10.2. The number of aromatic nitrogens is 1. The molecule has 0 spiro atoms. The van der Waals surface area contributed by atoms with Crippen molar-refractivity contribution in [3.05, 3.63) is 60.1 Å². The first-order valence-electron chi connectivity index (χ1n) is 9.08. The third-order valence-corrected chi connectivity index (χ3v) is 6.18. The molecule has 0 radical (unpaired) electrons. The van der Waals surface area contributed by atoms with Gasteiger partial charge in [-0.15, -0.1) is 0 Å². The smallest absolute Gasteiger partial charge is 0.287 e. The first kappa shape index (κ1) is 17.9. The molecule has 3 aromatic rings. The zero-order valence-corrected chi connectivity index (χ0v) is 15.7. The Balaban J connectivity index is 1.36. The lowest BCUT2D eigenvalue weighted by Crippen LogP contribution is -2.31. The summed E-state index contributed by atoms with van der Waals surface area (Å²) in [7, 11) is -1.10. The molecule has 4 rings (SSSR count). The third-order valence-electron chi connectivity index (χ3n) is 4.67. The van der Waals surface area contributed by atoms with E-state index in [1.807, 2.05) is 28.6 Å². The van der Waals surface area contributed by atoms with E-state index in [1.165, 1.54) is 6.42 Å². The van der Waals surface area contributed by atoms with Gasteiger partial charge >= 0.3 is 0 Å². The Bertz CT molecular complexity index is 929. The summed E-state index contributed by atoms with van der Waals surface area (Å²) in [4.78, 5) is 17.1. The van der Waals surface area contributed by atoms with Crippen LogP contribution in [0.2, 0.25) is 0 Å². The summed E-state index contributed by atoms with van der Waals surface area (Å²) in [5, 5.41) is 3.70. The van der Waals surface area contributed by atoms with Gasteiger partial charge in [-0.05, 0) is 42.7 Å². The van der Waals surface area contributed by atoms with Crippen LogP contribution in [0.5, 0.6) is 0 Å². The van der Waals surface area contributed by atoms with E-state index in [9.17, 15) is 9.00 Å². The second-order valence-corrected chi connectivity index (χ2v) is 8.08. The molecule has 1 aliphatic rings. The molecule has 6 nitrogen and oxygen atoms in total. The lowest BCUT2D eigenvalue weighted by molar-refractivity contribution is 0.0925. The maximum atomic E-state index is 12.6. The molecule has 1 fully saturated rings. The summed E-state index contributed by atoms with van der Waals surface area (Å²) in [5.41, 5.74) is 1.53. The van der Waals surface area contributed by atoms with Crippen molar-refractivity contribution in [1.29, 1.82) is 0 Å². The number of nitrogens with zero attached hydrogens (tertiary/aromatic N) is 2. The van der Waals surface area contributed by atoms with Crippen LogP contribution in [0.15, 0.2) is 58.1 Å². The van der Waals surface area contributed by atoms with Gasteiger partial charge in [-0.1, -0.05) is 18.6 Å². The van der Waals surface area contributed by atoms with Crippen molar-refractivity contribution in [2.45, 2.75) is 30.7 Å². The average Bonchev–Trinajstić information content (AvgIpc) is 3.17. The molecule has 1 N–H and O–H groups in total. The van der Waals surface area contributed by atoms with Crippen molar-refractivity contribution in [2.75, 3.05) is 13.1 Å². The van der Waals surface area contributed by atoms with E-state index in [-0.39, 0.29) is 11.7 Å². The first-order chi connectivity index (χ1) is 13.2. The number of hydrogen-bond acceptors (Lipinski definition) is 4. The van der Waals surface area contributed by atoms with Crippen LogP contribution >= 0.6 is 0 Å². The fourth-order valence-corrected chi connectivity index (χ4v) is 4.43. The summed E-state index contributed by atoms with van der Waals surface area (Å²) in [6.45, 7) is 2.15. The molecule has 1 atom stereocenters. The van der Waals surface area contributed by atoms with Gasteiger partial charge in [-0.2, -0.15) is 0 Å². The Morgan fingerprint density at radius 3 is 2.67 bits per heavy atom. The van der Waals surface area contributed by atoms with E-state index in [0.29, 0.717) is 12.1 Å². The summed E-state index contributed by atoms with van der Waals surface area (Å²) in [6, 6.07) is 11.1.